The van der Waals surface area contributed by atoms with E-state index in [1.807, 2.05) is 22.7 Å². The van der Waals surface area contributed by atoms with Crippen molar-refractivity contribution in [3.05, 3.63) is 41.4 Å². The third kappa shape index (κ3) is 5.69. The van der Waals surface area contributed by atoms with E-state index in [0.717, 1.165) is 43.8 Å². The lowest BCUT2D eigenvalue weighted by Crippen LogP contribution is -2.72. The molecule has 10 heteroatoms. The van der Waals surface area contributed by atoms with Crippen molar-refractivity contribution in [2.75, 3.05) is 39.8 Å². The topological polar surface area (TPSA) is 83.9 Å². The number of nitrogens with zero attached hydrogens (tertiary/aromatic N) is 4. The number of halogens is 1. The number of likely N-dealkylation sites (N-methyl/N-ethyl adjacent to an activating group) is 1. The fraction of sp³-hybridized carbons (Fsp3) is 0.667. The molecule has 0 aromatic heterocycles. The van der Waals surface area contributed by atoms with Crippen molar-refractivity contribution in [1.29, 1.82) is 5.26 Å². The van der Waals surface area contributed by atoms with Gasteiger partial charge in [-0.15, -0.1) is 11.8 Å². The molecule has 1 saturated carbocycles. The van der Waals surface area contributed by atoms with E-state index in [2.05, 4.69) is 52.3 Å². The second kappa shape index (κ2) is 11.9. The molecule has 40 heavy (non-hydrogen) atoms. The Morgan fingerprint density at radius 3 is 2.95 bits per heavy atom. The summed E-state index contributed by atoms with van der Waals surface area (Å²) in [5, 5.41) is 18.1. The number of nitriles is 1. The van der Waals surface area contributed by atoms with Crippen LogP contribution in [-0.4, -0.2) is 95.8 Å². The molecule has 1 amide bonds. The number of piperazine rings is 1. The third-order valence-corrected chi connectivity index (χ3v) is 11.6. The van der Waals surface area contributed by atoms with Crippen LogP contribution in [0.2, 0.25) is 5.02 Å². The fourth-order valence-electron chi connectivity index (χ4n) is 7.71. The van der Waals surface area contributed by atoms with Crippen LogP contribution >= 0.6 is 23.4 Å². The standard InChI is InChI=1S/C30H41ClN6O2S/c1-3-27(38)37-14-13-36(18-22(37)9-11-32)28-24-8-10-30(16-20-15-21(31)6-7-26(20)40-30)17-25(24)33-29(34-28)39-19-23-5-4-12-35(23)2/h3,6-7,15,22-25,28-29,33-34H,1,4-5,8-10,12-14,16-19H2,2H3/t22?,23?,24?,25?,28?,29?,30-/m1/s1. The monoisotopic (exact) mass is 584 g/mol. The highest BCUT2D eigenvalue weighted by Gasteiger charge is 2.51. The van der Waals surface area contributed by atoms with Gasteiger partial charge in [0.1, 0.15) is 0 Å². The van der Waals surface area contributed by atoms with Gasteiger partial charge in [-0.2, -0.15) is 5.26 Å². The molecule has 8 nitrogen and oxygen atoms in total. The highest BCUT2D eigenvalue weighted by atomic mass is 35.5. The Morgan fingerprint density at radius 2 is 2.17 bits per heavy atom. The fourth-order valence-corrected chi connectivity index (χ4v) is 9.48. The molecular formula is C30H41ClN6O2S. The van der Waals surface area contributed by atoms with Gasteiger partial charge in [0.15, 0.2) is 6.35 Å². The van der Waals surface area contributed by atoms with Gasteiger partial charge < -0.3 is 14.5 Å². The third-order valence-electron chi connectivity index (χ3n) is 9.82. The van der Waals surface area contributed by atoms with Gasteiger partial charge in [0.05, 0.1) is 31.3 Å². The molecule has 0 radical (unpaired) electrons. The first-order valence-electron chi connectivity index (χ1n) is 14.7. The summed E-state index contributed by atoms with van der Waals surface area (Å²) in [6, 6.07) is 9.28. The number of carbonyl (C=O) groups is 1. The first kappa shape index (κ1) is 28.5. The molecule has 216 valence electrons. The molecule has 5 aliphatic rings. The van der Waals surface area contributed by atoms with Crippen molar-refractivity contribution >= 4 is 29.3 Å². The number of hydrogen-bond donors (Lipinski definition) is 2. The number of ether oxygens (including phenoxy) is 1. The average molecular weight is 585 g/mol. The number of carbonyl (C=O) groups excluding carboxylic acids is 1. The molecule has 4 fully saturated rings. The van der Waals surface area contributed by atoms with Crippen molar-refractivity contribution in [3.8, 4) is 6.07 Å². The molecule has 6 unspecified atom stereocenters. The zero-order valence-corrected chi connectivity index (χ0v) is 24.9. The largest absolute Gasteiger partial charge is 0.348 e. The van der Waals surface area contributed by atoms with Crippen LogP contribution in [0.25, 0.3) is 0 Å². The Hall–Kier alpha value is -1.64. The maximum atomic E-state index is 12.5. The van der Waals surface area contributed by atoms with Crippen LogP contribution in [0, 0.1) is 17.2 Å². The van der Waals surface area contributed by atoms with Crippen molar-refractivity contribution < 1.29 is 9.53 Å². The van der Waals surface area contributed by atoms with Crippen LogP contribution in [-0.2, 0) is 16.0 Å². The van der Waals surface area contributed by atoms with Crippen LogP contribution in [0.5, 0.6) is 0 Å². The maximum absolute atomic E-state index is 12.5. The van der Waals surface area contributed by atoms with Crippen molar-refractivity contribution in [2.24, 2.45) is 5.92 Å². The van der Waals surface area contributed by atoms with Gasteiger partial charge in [0, 0.05) is 52.3 Å². The minimum Gasteiger partial charge on any atom is -0.348 e. The predicted molar refractivity (Wildman–Crippen MR) is 158 cm³/mol. The van der Waals surface area contributed by atoms with Gasteiger partial charge in [-0.05, 0) is 82.0 Å². The number of thioether (sulfide) groups is 1. The summed E-state index contributed by atoms with van der Waals surface area (Å²) in [6.07, 6.45) is 8.37. The molecule has 1 spiro atoms. The molecule has 0 bridgehead atoms. The highest BCUT2D eigenvalue weighted by molar-refractivity contribution is 8.01. The molecule has 4 aliphatic heterocycles. The number of fused-ring (bicyclic) bond motifs is 2. The Bertz CT molecular complexity index is 1160. The molecule has 7 atom stereocenters. The number of hydrogen-bond acceptors (Lipinski definition) is 8. The van der Waals surface area contributed by atoms with E-state index >= 15 is 0 Å². The normalized spacial score (nSPS) is 36.3. The second-order valence-corrected chi connectivity index (χ2v) is 14.2. The number of rotatable bonds is 6. The summed E-state index contributed by atoms with van der Waals surface area (Å²) >= 11 is 8.39. The van der Waals surface area contributed by atoms with Crippen molar-refractivity contribution in [3.63, 3.8) is 0 Å². The Morgan fingerprint density at radius 1 is 1.30 bits per heavy atom. The van der Waals surface area contributed by atoms with Gasteiger partial charge in [0.2, 0.25) is 5.91 Å². The molecule has 3 saturated heterocycles. The first-order chi connectivity index (χ1) is 19.4. The molecule has 1 aromatic rings. The summed E-state index contributed by atoms with van der Waals surface area (Å²) < 4.78 is 6.72. The van der Waals surface area contributed by atoms with E-state index in [9.17, 15) is 10.1 Å². The zero-order valence-electron chi connectivity index (χ0n) is 23.4. The summed E-state index contributed by atoms with van der Waals surface area (Å²) in [7, 11) is 2.19. The summed E-state index contributed by atoms with van der Waals surface area (Å²) in [5.41, 5.74) is 1.38. The Labute approximate surface area is 247 Å². The lowest BCUT2D eigenvalue weighted by atomic mass is 9.73. The highest BCUT2D eigenvalue weighted by Crippen LogP contribution is 2.54. The number of nitrogens with one attached hydrogen (secondary N) is 2. The van der Waals surface area contributed by atoms with Crippen molar-refractivity contribution in [2.45, 2.75) is 85.2 Å². The van der Waals surface area contributed by atoms with Crippen LogP contribution in [0.4, 0.5) is 0 Å². The molecule has 2 N–H and O–H groups in total. The van der Waals surface area contributed by atoms with Crippen molar-refractivity contribution in [1.82, 2.24) is 25.3 Å². The maximum Gasteiger partial charge on any atom is 0.246 e. The molecule has 6 rings (SSSR count). The van der Waals surface area contributed by atoms with Crippen LogP contribution in [0.1, 0.15) is 44.1 Å². The minimum absolute atomic E-state index is 0.0875. The summed E-state index contributed by atoms with van der Waals surface area (Å²) in [4.78, 5) is 20.6. The summed E-state index contributed by atoms with van der Waals surface area (Å²) in [5.74, 6) is 0.326. The molecule has 4 heterocycles. The first-order valence-corrected chi connectivity index (χ1v) is 15.9. The smallest absolute Gasteiger partial charge is 0.246 e. The molecule has 1 aliphatic carbocycles. The van der Waals surface area contributed by atoms with Gasteiger partial charge >= 0.3 is 0 Å². The number of likely N-dealkylation sites (tertiary alicyclic amines) is 1. The van der Waals surface area contributed by atoms with E-state index in [-0.39, 0.29) is 29.2 Å². The van der Waals surface area contributed by atoms with Crippen LogP contribution in [0.3, 0.4) is 0 Å². The van der Waals surface area contributed by atoms with Gasteiger partial charge in [-0.25, -0.2) is 0 Å². The second-order valence-electron chi connectivity index (χ2n) is 12.2. The van der Waals surface area contributed by atoms with Gasteiger partial charge in [0.25, 0.3) is 0 Å². The molecule has 1 aromatic carbocycles. The van der Waals surface area contributed by atoms with Gasteiger partial charge in [-0.1, -0.05) is 18.2 Å². The minimum atomic E-state index is -0.235. The van der Waals surface area contributed by atoms with E-state index in [1.165, 1.54) is 29.4 Å². The van der Waals surface area contributed by atoms with E-state index in [4.69, 9.17) is 16.3 Å². The lowest BCUT2D eigenvalue weighted by molar-refractivity contribution is -0.135. The van der Waals surface area contributed by atoms with E-state index in [0.29, 0.717) is 44.1 Å². The zero-order chi connectivity index (χ0) is 27.9. The van der Waals surface area contributed by atoms with Crippen LogP contribution in [0.15, 0.2) is 35.7 Å². The van der Waals surface area contributed by atoms with E-state index in [1.54, 1.807) is 0 Å². The Balaban J connectivity index is 1.20. The quantitative estimate of drug-likeness (QED) is 0.492. The summed E-state index contributed by atoms with van der Waals surface area (Å²) in [6.45, 7) is 7.56. The molecular weight excluding hydrogens is 544 g/mol. The van der Waals surface area contributed by atoms with Gasteiger partial charge in [-0.3, -0.25) is 20.3 Å². The average Bonchev–Trinajstić information content (AvgIpc) is 3.52. The number of benzene rings is 1. The van der Waals surface area contributed by atoms with E-state index < -0.39 is 0 Å². The lowest BCUT2D eigenvalue weighted by Gasteiger charge is -2.55. The SMILES string of the molecule is C=CC(=O)N1CCN(C2NC(OCC3CCCN3C)NC3C[C@@]4(CCC32)Cc2cc(Cl)ccc2S4)CC1CC#N. The van der Waals surface area contributed by atoms with Crippen LogP contribution < -0.4 is 10.6 Å². The Kier molecular flexibility index (Phi) is 8.49. The predicted octanol–water partition coefficient (Wildman–Crippen LogP) is 3.42. The number of amides is 1.